The quantitative estimate of drug-likeness (QED) is 0.115. The summed E-state index contributed by atoms with van der Waals surface area (Å²) in [5, 5.41) is 7.38. The Balaban J connectivity index is 0.988. The van der Waals surface area contributed by atoms with Crippen LogP contribution >= 0.6 is 0 Å². The summed E-state index contributed by atoms with van der Waals surface area (Å²) < 4.78 is 0. The number of aryl methyl sites for hydroxylation is 2. The van der Waals surface area contributed by atoms with Gasteiger partial charge in [0.15, 0.2) is 6.17 Å². The zero-order valence-corrected chi connectivity index (χ0v) is 36.9. The Hall–Kier alpha value is -6.86. The predicted molar refractivity (Wildman–Crippen MR) is 262 cm³/mol. The van der Waals surface area contributed by atoms with Crippen LogP contribution in [0.3, 0.4) is 0 Å². The van der Waals surface area contributed by atoms with E-state index in [9.17, 15) is 0 Å². The summed E-state index contributed by atoms with van der Waals surface area (Å²) in [6.45, 7) is 15.9. The Morgan fingerprint density at radius 2 is 1.27 bits per heavy atom. The number of benzene rings is 6. The third kappa shape index (κ3) is 7.57. The Labute approximate surface area is 367 Å². The minimum atomic E-state index is -0.451. The maximum Gasteiger partial charge on any atom is 0.169 e. The van der Waals surface area contributed by atoms with Crippen molar-refractivity contribution in [1.29, 1.82) is 0 Å². The monoisotopic (exact) mass is 815 g/mol. The van der Waals surface area contributed by atoms with Crippen LogP contribution in [0, 0.1) is 24.7 Å². The molecule has 3 aliphatic rings. The second kappa shape index (κ2) is 15.9. The number of rotatable bonds is 8. The van der Waals surface area contributed by atoms with Gasteiger partial charge in [0.2, 0.25) is 0 Å². The molecule has 0 aromatic heterocycles. The zero-order valence-electron chi connectivity index (χ0n) is 36.9. The average molecular weight is 816 g/mol. The summed E-state index contributed by atoms with van der Waals surface area (Å²) in [5.41, 5.74) is 29.3. The number of nitrogens with zero attached hydrogens (tertiary/aromatic N) is 3. The summed E-state index contributed by atoms with van der Waals surface area (Å²) in [6, 6.07) is 47.1. The highest BCUT2D eigenvalue weighted by molar-refractivity contribution is 6.16. The molecule has 6 aromatic carbocycles. The summed E-state index contributed by atoms with van der Waals surface area (Å²) in [5.74, 6) is 1.66. The van der Waals surface area contributed by atoms with E-state index in [2.05, 4.69) is 216 Å². The van der Waals surface area contributed by atoms with E-state index >= 15 is 0 Å². The van der Waals surface area contributed by atoms with Gasteiger partial charge in [-0.2, -0.15) is 0 Å². The molecule has 62 heavy (non-hydrogen) atoms. The molecule has 0 fully saturated rings. The molecule has 6 N–H and O–H groups in total. The lowest BCUT2D eigenvalue weighted by molar-refractivity contribution is 0.110. The summed E-state index contributed by atoms with van der Waals surface area (Å²) in [4.78, 5) is 12.7. The van der Waals surface area contributed by atoms with E-state index in [0.717, 1.165) is 51.5 Å². The van der Waals surface area contributed by atoms with E-state index in [0.29, 0.717) is 11.4 Å². The first kappa shape index (κ1) is 40.5. The number of para-hydroxylation sites is 2. The number of nitrogens with one attached hydrogen (secondary N) is 2. The van der Waals surface area contributed by atoms with Crippen LogP contribution in [0.5, 0.6) is 0 Å². The molecule has 0 bridgehead atoms. The SMILES string of the molecule is Cc1ccc(C2=NC(c3cccc(-c4ccc(C5C=C(c6ccc(N7c8ccccc8NC7C(C)(C)C(C)(C)C)cc6)C=CC5)c(N)c4N)c3)N=C(c3ccc(C)cc3)N2)cc1. The Morgan fingerprint density at radius 1 is 0.645 bits per heavy atom. The van der Waals surface area contributed by atoms with Gasteiger partial charge in [0, 0.05) is 33.7 Å². The number of aliphatic imine (C=N–C) groups is 2. The first-order valence-corrected chi connectivity index (χ1v) is 21.7. The lowest BCUT2D eigenvalue weighted by atomic mass is 9.67. The molecule has 2 aliphatic heterocycles. The molecule has 0 radical (unpaired) electrons. The molecule has 0 spiro atoms. The molecule has 1 aliphatic carbocycles. The normalized spacial score (nSPS) is 17.7. The minimum absolute atomic E-state index is 0.0409. The highest BCUT2D eigenvalue weighted by Crippen LogP contribution is 2.51. The molecule has 2 heterocycles. The number of hydrogen-bond donors (Lipinski definition) is 4. The van der Waals surface area contributed by atoms with Crippen molar-refractivity contribution in [3.8, 4) is 11.1 Å². The Bertz CT molecular complexity index is 2700. The third-order valence-corrected chi connectivity index (χ3v) is 13.5. The van der Waals surface area contributed by atoms with E-state index in [-0.39, 0.29) is 22.9 Å². The predicted octanol–water partition coefficient (Wildman–Crippen LogP) is 12.7. The molecule has 0 saturated heterocycles. The van der Waals surface area contributed by atoms with Gasteiger partial charge < -0.3 is 27.0 Å². The summed E-state index contributed by atoms with van der Waals surface area (Å²) >= 11 is 0. The third-order valence-electron chi connectivity index (χ3n) is 13.5. The van der Waals surface area contributed by atoms with Gasteiger partial charge in [-0.05, 0) is 83.8 Å². The molecule has 0 saturated carbocycles. The molecule has 0 amide bonds. The van der Waals surface area contributed by atoms with Crippen molar-refractivity contribution >= 4 is 45.7 Å². The smallest absolute Gasteiger partial charge is 0.169 e. The van der Waals surface area contributed by atoms with Crippen molar-refractivity contribution in [2.75, 3.05) is 21.7 Å². The zero-order chi connectivity index (χ0) is 43.3. The largest absolute Gasteiger partial charge is 0.397 e. The maximum atomic E-state index is 6.97. The van der Waals surface area contributed by atoms with Crippen LogP contribution in [-0.4, -0.2) is 17.8 Å². The molecule has 2 unspecified atom stereocenters. The van der Waals surface area contributed by atoms with E-state index < -0.39 is 6.17 Å². The van der Waals surface area contributed by atoms with E-state index in [1.54, 1.807) is 0 Å². The second-order valence-electron chi connectivity index (χ2n) is 18.7. The molecule has 7 nitrogen and oxygen atoms in total. The average Bonchev–Trinajstić information content (AvgIpc) is 3.68. The van der Waals surface area contributed by atoms with Crippen LogP contribution in [0.1, 0.15) is 92.1 Å². The van der Waals surface area contributed by atoms with Gasteiger partial charge in [-0.15, -0.1) is 0 Å². The van der Waals surface area contributed by atoms with Crippen LogP contribution in [-0.2, 0) is 0 Å². The van der Waals surface area contributed by atoms with Crippen molar-refractivity contribution in [3.05, 3.63) is 191 Å². The number of hydrogen-bond acceptors (Lipinski definition) is 7. The van der Waals surface area contributed by atoms with Crippen LogP contribution in [0.25, 0.3) is 16.7 Å². The van der Waals surface area contributed by atoms with Gasteiger partial charge in [-0.25, -0.2) is 9.98 Å². The van der Waals surface area contributed by atoms with Crippen molar-refractivity contribution in [2.24, 2.45) is 20.8 Å². The molecule has 7 heteroatoms. The van der Waals surface area contributed by atoms with E-state index in [1.807, 2.05) is 0 Å². The first-order valence-electron chi connectivity index (χ1n) is 21.7. The lowest BCUT2D eigenvalue weighted by Gasteiger charge is -2.47. The fraction of sp³-hybridized carbons (Fsp3) is 0.236. The fourth-order valence-electron chi connectivity index (χ4n) is 8.67. The van der Waals surface area contributed by atoms with E-state index in [4.69, 9.17) is 21.5 Å². The van der Waals surface area contributed by atoms with Gasteiger partial charge in [0.1, 0.15) is 17.8 Å². The van der Waals surface area contributed by atoms with Crippen molar-refractivity contribution in [2.45, 2.75) is 73.1 Å². The number of nitrogen functional groups attached to an aromatic ring is 2. The van der Waals surface area contributed by atoms with E-state index in [1.165, 1.54) is 39.3 Å². The highest BCUT2D eigenvalue weighted by atomic mass is 15.3. The van der Waals surface area contributed by atoms with Gasteiger partial charge in [0.25, 0.3) is 0 Å². The fourth-order valence-corrected chi connectivity index (χ4v) is 8.67. The lowest BCUT2D eigenvalue weighted by Crippen LogP contribution is -2.51. The highest BCUT2D eigenvalue weighted by Gasteiger charge is 2.47. The second-order valence-corrected chi connectivity index (χ2v) is 18.7. The summed E-state index contributed by atoms with van der Waals surface area (Å²) in [6.07, 6.45) is 7.31. The number of amidine groups is 2. The Kier molecular flexibility index (Phi) is 10.4. The van der Waals surface area contributed by atoms with Gasteiger partial charge in [0.05, 0.1) is 22.7 Å². The molecule has 2 atom stereocenters. The van der Waals surface area contributed by atoms with Crippen molar-refractivity contribution in [3.63, 3.8) is 0 Å². The standard InChI is InChI=1S/C55H57N7/c1-34-18-22-37(23-19-34)50-59-51(38-24-20-35(2)21-25-38)61-52(60-50)42-15-11-14-41(33-42)45-31-30-44(48(56)49(45)57)40-13-10-12-39(32-40)36-26-28-43(29-27-36)62-47-17-9-8-16-46(47)58-53(62)55(6,7)54(3,4)5/h8-12,14-33,40,52-53,58H,13,56-57H2,1-7H3,(H,59,60,61). The molecular weight excluding hydrogens is 759 g/mol. The minimum Gasteiger partial charge on any atom is -0.397 e. The Morgan fingerprint density at radius 3 is 1.92 bits per heavy atom. The first-order chi connectivity index (χ1) is 29.7. The number of allylic oxidation sites excluding steroid dienone is 4. The number of nitrogens with two attached hydrogens (primary N) is 2. The van der Waals surface area contributed by atoms with Crippen LogP contribution in [0.2, 0.25) is 0 Å². The van der Waals surface area contributed by atoms with Crippen LogP contribution < -0.4 is 27.0 Å². The molecule has 6 aromatic rings. The summed E-state index contributed by atoms with van der Waals surface area (Å²) in [7, 11) is 0. The maximum absolute atomic E-state index is 6.97. The molecule has 9 rings (SSSR count). The van der Waals surface area contributed by atoms with Crippen molar-refractivity contribution < 1.29 is 0 Å². The van der Waals surface area contributed by atoms with Crippen LogP contribution in [0.4, 0.5) is 28.4 Å². The van der Waals surface area contributed by atoms with Gasteiger partial charge >= 0.3 is 0 Å². The molecule has 312 valence electrons. The van der Waals surface area contributed by atoms with Crippen LogP contribution in [0.15, 0.2) is 162 Å². The van der Waals surface area contributed by atoms with Gasteiger partial charge in [-0.3, -0.25) is 0 Å². The number of fused-ring (bicyclic) bond motifs is 1. The van der Waals surface area contributed by atoms with Gasteiger partial charge in [-0.1, -0.05) is 167 Å². The molecular formula is C55H57N7. The van der Waals surface area contributed by atoms with Crippen molar-refractivity contribution in [1.82, 2.24) is 5.32 Å². The number of anilines is 5. The topological polar surface area (TPSA) is 104 Å².